The molecule has 0 aromatic rings. The first-order valence-corrected chi connectivity index (χ1v) is 4.46. The summed E-state index contributed by atoms with van der Waals surface area (Å²) in [5.74, 6) is -1.06. The summed E-state index contributed by atoms with van der Waals surface area (Å²) >= 11 is 0. The van der Waals surface area contributed by atoms with E-state index in [-0.39, 0.29) is 25.0 Å². The molecule has 82 valence electrons. The van der Waals surface area contributed by atoms with Crippen LogP contribution in [0.2, 0.25) is 0 Å². The fourth-order valence-corrected chi connectivity index (χ4v) is 0.778. The number of amides is 2. The topological polar surface area (TPSA) is 104 Å². The molecule has 0 unspecified atom stereocenters. The van der Waals surface area contributed by atoms with Crippen LogP contribution >= 0.6 is 0 Å². The number of carbonyl (C=O) groups is 2. The van der Waals surface area contributed by atoms with Crippen molar-refractivity contribution in [3.8, 4) is 0 Å². The molecule has 0 saturated heterocycles. The second kappa shape index (κ2) is 6.20. The van der Waals surface area contributed by atoms with Crippen molar-refractivity contribution in [2.45, 2.75) is 32.4 Å². The molecule has 6 heteroatoms. The zero-order valence-electron chi connectivity index (χ0n) is 8.41. The van der Waals surface area contributed by atoms with E-state index in [4.69, 9.17) is 10.8 Å². The van der Waals surface area contributed by atoms with E-state index in [0.29, 0.717) is 0 Å². The molecule has 0 heterocycles. The maximum atomic E-state index is 11.0. The van der Waals surface area contributed by atoms with Gasteiger partial charge in [0.15, 0.2) is 0 Å². The molecule has 1 atom stereocenters. The fourth-order valence-electron chi connectivity index (χ4n) is 0.778. The van der Waals surface area contributed by atoms with Crippen molar-refractivity contribution in [2.24, 2.45) is 5.73 Å². The quantitative estimate of drug-likeness (QED) is 0.483. The normalized spacial score (nSPS) is 12.3. The van der Waals surface area contributed by atoms with Crippen LogP contribution in [-0.2, 0) is 4.79 Å². The van der Waals surface area contributed by atoms with Gasteiger partial charge in [0.05, 0.1) is 0 Å². The monoisotopic (exact) mass is 203 g/mol. The first-order valence-electron chi connectivity index (χ1n) is 4.46. The smallest absolute Gasteiger partial charge is 0.320 e. The Morgan fingerprint density at radius 2 is 2.00 bits per heavy atom. The second-order valence-corrected chi connectivity index (χ2v) is 3.29. The molecule has 0 radical (unpaired) electrons. The summed E-state index contributed by atoms with van der Waals surface area (Å²) < 4.78 is 0. The molecule has 0 fully saturated rings. The Hall–Kier alpha value is -1.30. The molecule has 0 aliphatic carbocycles. The van der Waals surface area contributed by atoms with Gasteiger partial charge in [-0.1, -0.05) is 0 Å². The number of hydrogen-bond acceptors (Lipinski definition) is 3. The summed E-state index contributed by atoms with van der Waals surface area (Å²) in [6, 6.07) is -1.17. The van der Waals surface area contributed by atoms with Gasteiger partial charge in [0.1, 0.15) is 6.04 Å². The largest absolute Gasteiger partial charge is 0.480 e. The molecule has 0 saturated carbocycles. The molecule has 0 aromatic carbocycles. The molecule has 0 spiro atoms. The summed E-state index contributed by atoms with van der Waals surface area (Å²) in [6.07, 6.45) is 0.223. The minimum absolute atomic E-state index is 0.0585. The van der Waals surface area contributed by atoms with E-state index < -0.39 is 12.0 Å². The molecule has 0 bridgehead atoms. The average molecular weight is 203 g/mol. The molecule has 0 aliphatic rings. The van der Waals surface area contributed by atoms with E-state index in [1.165, 1.54) is 0 Å². The van der Waals surface area contributed by atoms with Crippen molar-refractivity contribution in [3.63, 3.8) is 0 Å². The lowest BCUT2D eigenvalue weighted by molar-refractivity contribution is -0.138. The maximum Gasteiger partial charge on any atom is 0.320 e. The van der Waals surface area contributed by atoms with Crippen LogP contribution < -0.4 is 16.4 Å². The third-order valence-corrected chi connectivity index (χ3v) is 1.48. The number of nitrogens with one attached hydrogen (secondary N) is 2. The summed E-state index contributed by atoms with van der Waals surface area (Å²) in [4.78, 5) is 21.3. The van der Waals surface area contributed by atoms with Crippen molar-refractivity contribution < 1.29 is 14.7 Å². The van der Waals surface area contributed by atoms with Crippen molar-refractivity contribution in [1.82, 2.24) is 10.6 Å². The Balaban J connectivity index is 3.54. The van der Waals surface area contributed by atoms with Gasteiger partial charge in [0.2, 0.25) is 0 Å². The number of carbonyl (C=O) groups excluding carboxylic acids is 1. The predicted molar refractivity (Wildman–Crippen MR) is 51.9 cm³/mol. The summed E-state index contributed by atoms with van der Waals surface area (Å²) in [5.41, 5.74) is 5.23. The number of hydrogen-bond donors (Lipinski definition) is 4. The zero-order chi connectivity index (χ0) is 11.1. The van der Waals surface area contributed by atoms with E-state index in [1.54, 1.807) is 0 Å². The van der Waals surface area contributed by atoms with E-state index in [1.807, 2.05) is 13.8 Å². The van der Waals surface area contributed by atoms with Crippen LogP contribution in [0.3, 0.4) is 0 Å². The first-order chi connectivity index (χ1) is 6.43. The molecule has 6 nitrogen and oxygen atoms in total. The van der Waals surface area contributed by atoms with Gasteiger partial charge >= 0.3 is 12.0 Å². The van der Waals surface area contributed by atoms with Crippen LogP contribution in [-0.4, -0.2) is 35.7 Å². The van der Waals surface area contributed by atoms with Gasteiger partial charge in [0, 0.05) is 12.6 Å². The van der Waals surface area contributed by atoms with Crippen LogP contribution in [0.4, 0.5) is 4.79 Å². The van der Waals surface area contributed by atoms with Crippen LogP contribution in [0.25, 0.3) is 0 Å². The minimum atomic E-state index is -1.06. The van der Waals surface area contributed by atoms with Gasteiger partial charge in [-0.15, -0.1) is 0 Å². The number of rotatable bonds is 5. The number of carboxylic acid groups (broad SMARTS) is 1. The number of carboxylic acids is 1. The van der Waals surface area contributed by atoms with Crippen molar-refractivity contribution in [3.05, 3.63) is 0 Å². The fraction of sp³-hybridized carbons (Fsp3) is 0.750. The Bertz CT molecular complexity index is 206. The van der Waals surface area contributed by atoms with Gasteiger partial charge in [-0.3, -0.25) is 4.79 Å². The number of aliphatic carboxylic acids is 1. The third-order valence-electron chi connectivity index (χ3n) is 1.48. The lowest BCUT2D eigenvalue weighted by Crippen LogP contribution is -2.42. The molecule has 2 amide bonds. The molecule has 14 heavy (non-hydrogen) atoms. The Labute approximate surface area is 82.9 Å². The molecular weight excluding hydrogens is 186 g/mol. The molecule has 0 rings (SSSR count). The van der Waals surface area contributed by atoms with Crippen molar-refractivity contribution >= 4 is 12.0 Å². The Morgan fingerprint density at radius 1 is 1.43 bits per heavy atom. The van der Waals surface area contributed by atoms with Crippen LogP contribution in [0, 0.1) is 0 Å². The standard InChI is InChI=1S/C8H17N3O3/c1-5(2)11-8(14)10-4-3-6(9)7(12)13/h5-6H,3-4,9H2,1-2H3,(H,12,13)(H2,10,11,14)/t6-/m0/s1. The highest BCUT2D eigenvalue weighted by Crippen LogP contribution is 1.86. The van der Waals surface area contributed by atoms with Crippen LogP contribution in [0.1, 0.15) is 20.3 Å². The first kappa shape index (κ1) is 12.7. The average Bonchev–Trinajstić information content (AvgIpc) is 2.02. The lowest BCUT2D eigenvalue weighted by Gasteiger charge is -2.11. The van der Waals surface area contributed by atoms with E-state index in [9.17, 15) is 9.59 Å². The van der Waals surface area contributed by atoms with Crippen LogP contribution in [0.15, 0.2) is 0 Å². The van der Waals surface area contributed by atoms with E-state index >= 15 is 0 Å². The van der Waals surface area contributed by atoms with Crippen LogP contribution in [0.5, 0.6) is 0 Å². The molecule has 0 aromatic heterocycles. The highest BCUT2D eigenvalue weighted by Gasteiger charge is 2.11. The third kappa shape index (κ3) is 6.24. The summed E-state index contributed by atoms with van der Waals surface area (Å²) in [5, 5.41) is 13.6. The highest BCUT2D eigenvalue weighted by molar-refractivity contribution is 5.75. The van der Waals surface area contributed by atoms with Gasteiger partial charge in [-0.05, 0) is 20.3 Å². The van der Waals surface area contributed by atoms with Gasteiger partial charge in [-0.25, -0.2) is 4.79 Å². The zero-order valence-corrected chi connectivity index (χ0v) is 8.41. The lowest BCUT2D eigenvalue weighted by atomic mass is 10.2. The highest BCUT2D eigenvalue weighted by atomic mass is 16.4. The minimum Gasteiger partial charge on any atom is -0.480 e. The number of urea groups is 1. The van der Waals surface area contributed by atoms with Gasteiger partial charge < -0.3 is 21.5 Å². The van der Waals surface area contributed by atoms with Gasteiger partial charge in [0.25, 0.3) is 0 Å². The van der Waals surface area contributed by atoms with Crippen molar-refractivity contribution in [1.29, 1.82) is 0 Å². The second-order valence-electron chi connectivity index (χ2n) is 3.29. The Morgan fingerprint density at radius 3 is 2.43 bits per heavy atom. The van der Waals surface area contributed by atoms with E-state index in [2.05, 4.69) is 10.6 Å². The van der Waals surface area contributed by atoms with Gasteiger partial charge in [-0.2, -0.15) is 0 Å². The summed E-state index contributed by atoms with van der Waals surface area (Å²) in [7, 11) is 0. The predicted octanol–water partition coefficient (Wildman–Crippen LogP) is -0.504. The number of nitrogens with two attached hydrogens (primary N) is 1. The molecular formula is C8H17N3O3. The Kier molecular flexibility index (Phi) is 5.62. The van der Waals surface area contributed by atoms with E-state index in [0.717, 1.165) is 0 Å². The SMILES string of the molecule is CC(C)NC(=O)NCC[C@H](N)C(=O)O. The molecule has 5 N–H and O–H groups in total. The molecule has 0 aliphatic heterocycles. The maximum absolute atomic E-state index is 11.0. The summed E-state index contributed by atoms with van der Waals surface area (Å²) in [6.45, 7) is 3.93. The van der Waals surface area contributed by atoms with Crippen molar-refractivity contribution in [2.75, 3.05) is 6.54 Å².